The van der Waals surface area contributed by atoms with Crippen LogP contribution in [0.15, 0.2) is 25.3 Å². The molecule has 2 N–H and O–H groups in total. The standard InChI is InChI=1S/C11H20N2OS2/c1-3-9(15)5-7-12-11(14)13-8-6-10(16)4-2/h3-4,9-10,15-16H,1-2,5-8H2,(H2,12,13,14). The molecule has 0 saturated carbocycles. The Morgan fingerprint density at radius 2 is 1.44 bits per heavy atom. The molecule has 0 aliphatic rings. The lowest BCUT2D eigenvalue weighted by Gasteiger charge is -2.10. The molecule has 5 heteroatoms. The van der Waals surface area contributed by atoms with Gasteiger partial charge in [-0.2, -0.15) is 25.3 Å². The monoisotopic (exact) mass is 260 g/mol. The highest BCUT2D eigenvalue weighted by Crippen LogP contribution is 2.00. The lowest BCUT2D eigenvalue weighted by atomic mass is 10.3. The van der Waals surface area contributed by atoms with Gasteiger partial charge in [-0.05, 0) is 12.8 Å². The zero-order chi connectivity index (χ0) is 12.4. The van der Waals surface area contributed by atoms with Gasteiger partial charge in [0, 0.05) is 23.6 Å². The second-order valence-electron chi connectivity index (χ2n) is 3.37. The van der Waals surface area contributed by atoms with E-state index in [0.29, 0.717) is 13.1 Å². The Morgan fingerprint density at radius 1 is 1.06 bits per heavy atom. The molecule has 0 fully saturated rings. The lowest BCUT2D eigenvalue weighted by molar-refractivity contribution is 0.241. The first-order chi connectivity index (χ1) is 7.60. The third-order valence-corrected chi connectivity index (χ3v) is 2.93. The molecule has 0 saturated heterocycles. The molecule has 0 aliphatic carbocycles. The number of carbonyl (C=O) groups excluding carboxylic acids is 1. The molecular formula is C11H20N2OS2. The second kappa shape index (κ2) is 9.66. The number of hydrogen-bond acceptors (Lipinski definition) is 3. The minimum Gasteiger partial charge on any atom is -0.338 e. The van der Waals surface area contributed by atoms with Gasteiger partial charge in [0.15, 0.2) is 0 Å². The topological polar surface area (TPSA) is 41.1 Å². The Morgan fingerprint density at radius 3 is 1.75 bits per heavy atom. The number of nitrogens with one attached hydrogen (secondary N) is 2. The fourth-order valence-corrected chi connectivity index (χ4v) is 1.22. The van der Waals surface area contributed by atoms with Gasteiger partial charge in [-0.25, -0.2) is 4.79 Å². The van der Waals surface area contributed by atoms with Crippen LogP contribution in [0, 0.1) is 0 Å². The van der Waals surface area contributed by atoms with Crippen molar-refractivity contribution in [3.63, 3.8) is 0 Å². The van der Waals surface area contributed by atoms with Gasteiger partial charge in [0.2, 0.25) is 0 Å². The smallest absolute Gasteiger partial charge is 0.314 e. The third kappa shape index (κ3) is 8.73. The van der Waals surface area contributed by atoms with Crippen molar-refractivity contribution in [1.29, 1.82) is 0 Å². The summed E-state index contributed by atoms with van der Waals surface area (Å²) in [6.45, 7) is 8.42. The summed E-state index contributed by atoms with van der Waals surface area (Å²) in [7, 11) is 0. The molecule has 0 bridgehead atoms. The summed E-state index contributed by atoms with van der Waals surface area (Å²) >= 11 is 8.46. The summed E-state index contributed by atoms with van der Waals surface area (Å²) in [6.07, 6.45) is 5.06. The first kappa shape index (κ1) is 15.4. The van der Waals surface area contributed by atoms with E-state index in [1.54, 1.807) is 12.2 Å². The zero-order valence-electron chi connectivity index (χ0n) is 9.35. The molecule has 0 rings (SSSR count). The Hall–Kier alpha value is -0.550. The summed E-state index contributed by atoms with van der Waals surface area (Å²) in [6, 6.07) is -0.158. The maximum Gasteiger partial charge on any atom is 0.314 e. The zero-order valence-corrected chi connectivity index (χ0v) is 11.1. The van der Waals surface area contributed by atoms with E-state index in [1.165, 1.54) is 0 Å². The summed E-state index contributed by atoms with van der Waals surface area (Å²) < 4.78 is 0. The van der Waals surface area contributed by atoms with E-state index in [0.717, 1.165) is 12.8 Å². The molecule has 0 heterocycles. The molecule has 16 heavy (non-hydrogen) atoms. The molecule has 2 atom stereocenters. The van der Waals surface area contributed by atoms with Crippen molar-refractivity contribution in [2.45, 2.75) is 23.3 Å². The van der Waals surface area contributed by atoms with Crippen LogP contribution in [0.4, 0.5) is 4.79 Å². The Kier molecular flexibility index (Phi) is 9.33. The number of urea groups is 1. The predicted molar refractivity (Wildman–Crippen MR) is 76.6 cm³/mol. The van der Waals surface area contributed by atoms with Crippen LogP contribution in [-0.2, 0) is 0 Å². The molecule has 2 unspecified atom stereocenters. The van der Waals surface area contributed by atoms with E-state index in [9.17, 15) is 4.79 Å². The second-order valence-corrected chi connectivity index (χ2v) is 4.69. The molecule has 0 aromatic heterocycles. The van der Waals surface area contributed by atoms with E-state index in [4.69, 9.17) is 0 Å². The van der Waals surface area contributed by atoms with Gasteiger partial charge >= 0.3 is 6.03 Å². The molecular weight excluding hydrogens is 240 g/mol. The maximum atomic E-state index is 11.3. The lowest BCUT2D eigenvalue weighted by Crippen LogP contribution is -2.37. The molecule has 92 valence electrons. The Labute approximate surface area is 109 Å². The van der Waals surface area contributed by atoms with Crippen LogP contribution in [0.1, 0.15) is 12.8 Å². The predicted octanol–water partition coefficient (Wildman–Crippen LogP) is 2.03. The number of carbonyl (C=O) groups is 1. The Bertz CT molecular complexity index is 212. The van der Waals surface area contributed by atoms with E-state index >= 15 is 0 Å². The first-order valence-electron chi connectivity index (χ1n) is 5.23. The van der Waals surface area contributed by atoms with E-state index < -0.39 is 0 Å². The van der Waals surface area contributed by atoms with Gasteiger partial charge in [-0.3, -0.25) is 0 Å². The molecule has 2 amide bonds. The summed E-state index contributed by atoms with van der Waals surface area (Å²) in [5, 5.41) is 5.74. The van der Waals surface area contributed by atoms with Crippen molar-refractivity contribution in [3.05, 3.63) is 25.3 Å². The number of thiol groups is 2. The van der Waals surface area contributed by atoms with Crippen LogP contribution < -0.4 is 10.6 Å². The fourth-order valence-electron chi connectivity index (χ4n) is 0.965. The van der Waals surface area contributed by atoms with Gasteiger partial charge in [-0.15, -0.1) is 13.2 Å². The number of rotatable bonds is 8. The quantitative estimate of drug-likeness (QED) is 0.391. The van der Waals surface area contributed by atoms with Gasteiger partial charge < -0.3 is 10.6 Å². The van der Waals surface area contributed by atoms with Crippen LogP contribution in [-0.4, -0.2) is 29.6 Å². The highest BCUT2D eigenvalue weighted by molar-refractivity contribution is 7.81. The molecule has 0 aromatic carbocycles. The van der Waals surface area contributed by atoms with Gasteiger partial charge in [0.1, 0.15) is 0 Å². The molecule has 3 nitrogen and oxygen atoms in total. The Balaban J connectivity index is 3.44. The third-order valence-electron chi connectivity index (χ3n) is 2.00. The van der Waals surface area contributed by atoms with Gasteiger partial charge in [0.05, 0.1) is 0 Å². The van der Waals surface area contributed by atoms with E-state index in [-0.39, 0.29) is 16.5 Å². The van der Waals surface area contributed by atoms with Crippen molar-refractivity contribution in [2.75, 3.05) is 13.1 Å². The van der Waals surface area contributed by atoms with Crippen LogP contribution in [0.25, 0.3) is 0 Å². The average Bonchev–Trinajstić information content (AvgIpc) is 2.28. The van der Waals surface area contributed by atoms with Crippen molar-refractivity contribution in [2.24, 2.45) is 0 Å². The normalized spacial score (nSPS) is 13.6. The van der Waals surface area contributed by atoms with E-state index in [2.05, 4.69) is 49.0 Å². The highest BCUT2D eigenvalue weighted by atomic mass is 32.1. The number of hydrogen-bond donors (Lipinski definition) is 4. The molecule has 0 aliphatic heterocycles. The molecule has 0 radical (unpaired) electrons. The highest BCUT2D eigenvalue weighted by Gasteiger charge is 2.02. The fraction of sp³-hybridized carbons (Fsp3) is 0.545. The van der Waals surface area contributed by atoms with Crippen LogP contribution in [0.5, 0.6) is 0 Å². The van der Waals surface area contributed by atoms with Gasteiger partial charge in [-0.1, -0.05) is 12.2 Å². The maximum absolute atomic E-state index is 11.3. The van der Waals surface area contributed by atoms with Gasteiger partial charge in [0.25, 0.3) is 0 Å². The van der Waals surface area contributed by atoms with Crippen molar-refractivity contribution in [3.8, 4) is 0 Å². The summed E-state index contributed by atoms with van der Waals surface area (Å²) in [5.41, 5.74) is 0. The molecule has 0 aromatic rings. The van der Waals surface area contributed by atoms with Crippen molar-refractivity contribution < 1.29 is 4.79 Å². The largest absolute Gasteiger partial charge is 0.338 e. The first-order valence-corrected chi connectivity index (χ1v) is 6.26. The van der Waals surface area contributed by atoms with Crippen molar-refractivity contribution in [1.82, 2.24) is 10.6 Å². The van der Waals surface area contributed by atoms with Crippen LogP contribution in [0.3, 0.4) is 0 Å². The average molecular weight is 260 g/mol. The summed E-state index contributed by atoms with van der Waals surface area (Å²) in [4.78, 5) is 11.3. The van der Waals surface area contributed by atoms with Crippen molar-refractivity contribution >= 4 is 31.3 Å². The SMILES string of the molecule is C=CC(S)CCNC(=O)NCCC(S)C=C. The van der Waals surface area contributed by atoms with E-state index in [1.807, 2.05) is 0 Å². The minimum atomic E-state index is -0.158. The summed E-state index contributed by atoms with van der Waals surface area (Å²) in [5.74, 6) is 0. The number of amides is 2. The molecule has 0 spiro atoms. The van der Waals surface area contributed by atoms with Crippen LogP contribution in [0.2, 0.25) is 0 Å². The minimum absolute atomic E-state index is 0.128. The van der Waals surface area contributed by atoms with Crippen LogP contribution >= 0.6 is 25.3 Å².